The van der Waals surface area contributed by atoms with Crippen LogP contribution in [0, 0.1) is 0 Å². The van der Waals surface area contributed by atoms with Gasteiger partial charge in [-0.2, -0.15) is 5.10 Å². The number of rotatable bonds is 4. The number of ketones is 1. The molecule has 0 aliphatic carbocycles. The van der Waals surface area contributed by atoms with Crippen LogP contribution < -0.4 is 5.73 Å². The predicted octanol–water partition coefficient (Wildman–Crippen LogP) is 0.208. The van der Waals surface area contributed by atoms with Crippen molar-refractivity contribution in [2.75, 3.05) is 6.61 Å². The van der Waals surface area contributed by atoms with Crippen LogP contribution in [0.5, 0.6) is 0 Å². The molecule has 0 bridgehead atoms. The number of carbonyl (C=O) groups excluding carboxylic acids is 3. The van der Waals surface area contributed by atoms with Crippen LogP contribution in [0.4, 0.5) is 0 Å². The van der Waals surface area contributed by atoms with Crippen molar-refractivity contribution in [2.24, 2.45) is 5.73 Å². The first-order chi connectivity index (χ1) is 9.47. The molecule has 1 amide bonds. The molecular weight excluding hydrogens is 264 g/mol. The number of amides is 1. The number of fused-ring (bicyclic) bond motifs is 1. The average molecular weight is 276 g/mol. The summed E-state index contributed by atoms with van der Waals surface area (Å²) in [6.45, 7) is 3.08. The summed E-state index contributed by atoms with van der Waals surface area (Å²) in [5.74, 6) is -1.80. The van der Waals surface area contributed by atoms with Crippen LogP contribution in [-0.2, 0) is 4.74 Å². The molecule has 2 N–H and O–H groups in total. The van der Waals surface area contributed by atoms with Crippen molar-refractivity contribution in [3.8, 4) is 0 Å². The van der Waals surface area contributed by atoms with Gasteiger partial charge in [0.05, 0.1) is 18.4 Å². The fourth-order valence-corrected chi connectivity index (χ4v) is 1.76. The molecule has 0 atom stereocenters. The lowest BCUT2D eigenvalue weighted by Crippen LogP contribution is -2.18. The summed E-state index contributed by atoms with van der Waals surface area (Å²) in [6.07, 6.45) is 2.40. The van der Waals surface area contributed by atoms with Gasteiger partial charge in [0, 0.05) is 6.20 Å². The number of esters is 1. The largest absolute Gasteiger partial charge is 0.461 e. The van der Waals surface area contributed by atoms with Crippen LogP contribution in [-0.4, -0.2) is 38.9 Å². The maximum absolute atomic E-state index is 12.0. The number of aromatic nitrogens is 3. The zero-order chi connectivity index (χ0) is 14.9. The number of nitrogens with two attached hydrogens (primary N) is 1. The SMILES string of the molecule is CCOC(=O)c1c(C(C)=O)cnc2c(C(N)=O)cnn12. The third kappa shape index (κ3) is 2.11. The third-order valence-corrected chi connectivity index (χ3v) is 2.64. The Morgan fingerprint density at radius 1 is 1.30 bits per heavy atom. The van der Waals surface area contributed by atoms with Crippen molar-refractivity contribution >= 4 is 23.3 Å². The van der Waals surface area contributed by atoms with E-state index in [0.29, 0.717) is 0 Å². The number of ether oxygens (including phenoxy) is 1. The average Bonchev–Trinajstić information content (AvgIpc) is 2.81. The van der Waals surface area contributed by atoms with E-state index >= 15 is 0 Å². The smallest absolute Gasteiger partial charge is 0.357 e. The van der Waals surface area contributed by atoms with E-state index in [1.54, 1.807) is 6.92 Å². The minimum atomic E-state index is -0.724. The van der Waals surface area contributed by atoms with E-state index in [1.165, 1.54) is 19.3 Å². The molecule has 0 fully saturated rings. The maximum atomic E-state index is 12.0. The van der Waals surface area contributed by atoms with E-state index in [1.807, 2.05) is 0 Å². The summed E-state index contributed by atoms with van der Waals surface area (Å²) >= 11 is 0. The summed E-state index contributed by atoms with van der Waals surface area (Å²) in [5.41, 5.74) is 5.35. The molecule has 104 valence electrons. The Morgan fingerprint density at radius 2 is 2.00 bits per heavy atom. The van der Waals surface area contributed by atoms with E-state index in [0.717, 1.165) is 4.52 Å². The second-order valence-electron chi connectivity index (χ2n) is 3.96. The monoisotopic (exact) mass is 276 g/mol. The number of nitrogens with zero attached hydrogens (tertiary/aromatic N) is 3. The van der Waals surface area contributed by atoms with Gasteiger partial charge in [-0.3, -0.25) is 9.59 Å². The summed E-state index contributed by atoms with van der Waals surface area (Å²) in [4.78, 5) is 38.8. The third-order valence-electron chi connectivity index (χ3n) is 2.64. The molecule has 2 heterocycles. The number of carbonyl (C=O) groups is 3. The second-order valence-corrected chi connectivity index (χ2v) is 3.96. The number of hydrogen-bond acceptors (Lipinski definition) is 6. The highest BCUT2D eigenvalue weighted by Crippen LogP contribution is 2.15. The van der Waals surface area contributed by atoms with E-state index in [-0.39, 0.29) is 34.9 Å². The van der Waals surface area contributed by atoms with Crippen LogP contribution in [0.15, 0.2) is 12.4 Å². The Morgan fingerprint density at radius 3 is 2.55 bits per heavy atom. The molecule has 8 nitrogen and oxygen atoms in total. The molecule has 2 aromatic heterocycles. The van der Waals surface area contributed by atoms with Crippen molar-refractivity contribution in [3.63, 3.8) is 0 Å². The van der Waals surface area contributed by atoms with Gasteiger partial charge in [-0.25, -0.2) is 14.3 Å². The molecule has 0 saturated carbocycles. The molecule has 0 spiro atoms. The zero-order valence-corrected chi connectivity index (χ0v) is 10.9. The number of primary amides is 1. The Balaban J connectivity index is 2.77. The van der Waals surface area contributed by atoms with Gasteiger partial charge in [0.25, 0.3) is 5.91 Å². The summed E-state index contributed by atoms with van der Waals surface area (Å²) in [6, 6.07) is 0. The molecular formula is C12H12N4O4. The molecule has 2 aromatic rings. The predicted molar refractivity (Wildman–Crippen MR) is 67.5 cm³/mol. The molecule has 0 saturated heterocycles. The highest BCUT2D eigenvalue weighted by atomic mass is 16.5. The van der Waals surface area contributed by atoms with Crippen LogP contribution in [0.25, 0.3) is 5.65 Å². The van der Waals surface area contributed by atoms with Crippen molar-refractivity contribution in [1.82, 2.24) is 14.6 Å². The van der Waals surface area contributed by atoms with E-state index < -0.39 is 11.9 Å². The molecule has 0 aliphatic rings. The molecule has 20 heavy (non-hydrogen) atoms. The van der Waals surface area contributed by atoms with Gasteiger partial charge < -0.3 is 10.5 Å². The number of Topliss-reactive ketones (excluding diaryl/α,β-unsaturated/α-hetero) is 1. The van der Waals surface area contributed by atoms with Crippen molar-refractivity contribution in [3.05, 3.63) is 29.2 Å². The first-order valence-corrected chi connectivity index (χ1v) is 5.82. The van der Waals surface area contributed by atoms with Gasteiger partial charge in [-0.05, 0) is 13.8 Å². The topological polar surface area (TPSA) is 117 Å². The van der Waals surface area contributed by atoms with Gasteiger partial charge >= 0.3 is 5.97 Å². The fourth-order valence-electron chi connectivity index (χ4n) is 1.76. The second kappa shape index (κ2) is 5.08. The van der Waals surface area contributed by atoms with Gasteiger partial charge in [0.2, 0.25) is 0 Å². The zero-order valence-electron chi connectivity index (χ0n) is 10.9. The van der Waals surface area contributed by atoms with Crippen LogP contribution in [0.3, 0.4) is 0 Å². The lowest BCUT2D eigenvalue weighted by Gasteiger charge is -2.08. The molecule has 8 heteroatoms. The molecule has 0 aromatic carbocycles. The van der Waals surface area contributed by atoms with Crippen LogP contribution >= 0.6 is 0 Å². The van der Waals surface area contributed by atoms with Crippen molar-refractivity contribution in [2.45, 2.75) is 13.8 Å². The van der Waals surface area contributed by atoms with Crippen molar-refractivity contribution in [1.29, 1.82) is 0 Å². The molecule has 2 rings (SSSR count). The standard InChI is InChI=1S/C12H12N4O4/c1-3-20-12(19)9-7(6(2)17)4-14-11-8(10(13)18)5-15-16(9)11/h4-5H,3H2,1-2H3,(H2,13,18). The molecule has 0 unspecified atom stereocenters. The Bertz CT molecular complexity index is 720. The quantitative estimate of drug-likeness (QED) is 0.630. The first-order valence-electron chi connectivity index (χ1n) is 5.82. The summed E-state index contributed by atoms with van der Waals surface area (Å²) in [7, 11) is 0. The van der Waals surface area contributed by atoms with Gasteiger partial charge in [0.1, 0.15) is 5.56 Å². The van der Waals surface area contributed by atoms with Crippen LogP contribution in [0.2, 0.25) is 0 Å². The Hall–Kier alpha value is -2.77. The van der Waals surface area contributed by atoms with Gasteiger partial charge in [-0.1, -0.05) is 0 Å². The van der Waals surface area contributed by atoms with E-state index in [9.17, 15) is 14.4 Å². The minimum absolute atomic E-state index is 0.0608. The summed E-state index contributed by atoms with van der Waals surface area (Å²) < 4.78 is 5.99. The summed E-state index contributed by atoms with van der Waals surface area (Å²) in [5, 5.41) is 3.89. The lowest BCUT2D eigenvalue weighted by atomic mass is 10.1. The fraction of sp³-hybridized carbons (Fsp3) is 0.250. The van der Waals surface area contributed by atoms with Crippen LogP contribution in [0.1, 0.15) is 45.1 Å². The molecule has 0 aliphatic heterocycles. The highest BCUT2D eigenvalue weighted by Gasteiger charge is 2.23. The lowest BCUT2D eigenvalue weighted by molar-refractivity contribution is 0.0512. The highest BCUT2D eigenvalue weighted by molar-refractivity contribution is 6.05. The van der Waals surface area contributed by atoms with Gasteiger partial charge in [0.15, 0.2) is 17.1 Å². The minimum Gasteiger partial charge on any atom is -0.461 e. The Labute approximate surface area is 113 Å². The van der Waals surface area contributed by atoms with E-state index in [2.05, 4.69) is 10.1 Å². The molecule has 0 radical (unpaired) electrons. The van der Waals surface area contributed by atoms with E-state index in [4.69, 9.17) is 10.5 Å². The number of hydrogen-bond donors (Lipinski definition) is 1. The van der Waals surface area contributed by atoms with Gasteiger partial charge in [-0.15, -0.1) is 0 Å². The normalized spacial score (nSPS) is 10.5. The Kier molecular flexibility index (Phi) is 3.47. The maximum Gasteiger partial charge on any atom is 0.357 e. The van der Waals surface area contributed by atoms with Crippen molar-refractivity contribution < 1.29 is 19.1 Å². The first kappa shape index (κ1) is 13.7.